The molecule has 0 aliphatic carbocycles. The summed E-state index contributed by atoms with van der Waals surface area (Å²) < 4.78 is 41.4. The van der Waals surface area contributed by atoms with Gasteiger partial charge in [-0.3, -0.25) is 4.79 Å². The first-order valence-corrected chi connectivity index (χ1v) is 9.41. The maximum Gasteiger partial charge on any atom is 0.573 e. The number of aromatic nitrogens is 1. The average Bonchev–Trinajstić information content (AvgIpc) is 2.78. The number of hydrogen-bond acceptors (Lipinski definition) is 4. The summed E-state index contributed by atoms with van der Waals surface area (Å²) in [5, 5.41) is 0. The van der Waals surface area contributed by atoms with Crippen molar-refractivity contribution in [1.29, 1.82) is 0 Å². The highest BCUT2D eigenvalue weighted by atomic mass is 79.9. The number of rotatable bonds is 5. The Balaban J connectivity index is 1.79. The van der Waals surface area contributed by atoms with Crippen molar-refractivity contribution in [2.24, 2.45) is 0 Å². The van der Waals surface area contributed by atoms with Gasteiger partial charge in [0.05, 0.1) is 5.69 Å². The fourth-order valence-electron chi connectivity index (χ4n) is 3.07. The van der Waals surface area contributed by atoms with Crippen LogP contribution in [0, 0.1) is 0 Å². The van der Waals surface area contributed by atoms with Crippen molar-refractivity contribution >= 4 is 33.6 Å². The van der Waals surface area contributed by atoms with Gasteiger partial charge in [-0.05, 0) is 78.2 Å². The minimum Gasteiger partial charge on any atom is -0.406 e. The van der Waals surface area contributed by atoms with Gasteiger partial charge < -0.3 is 9.64 Å². The van der Waals surface area contributed by atoms with Crippen LogP contribution in [0.3, 0.4) is 0 Å². The van der Waals surface area contributed by atoms with Crippen LogP contribution in [-0.4, -0.2) is 40.3 Å². The Labute approximate surface area is 173 Å². The summed E-state index contributed by atoms with van der Waals surface area (Å²) in [7, 11) is 0. The van der Waals surface area contributed by atoms with E-state index >= 15 is 0 Å². The Morgan fingerprint density at radius 1 is 1.14 bits per heavy atom. The van der Waals surface area contributed by atoms with Gasteiger partial charge in [-0.25, -0.2) is 14.7 Å². The lowest BCUT2D eigenvalue weighted by Gasteiger charge is -2.27. The highest BCUT2D eigenvalue weighted by Gasteiger charge is 2.51. The number of imide groups is 1. The molecule has 0 unspecified atom stereocenters. The molecule has 10 heteroatoms. The van der Waals surface area contributed by atoms with E-state index in [1.54, 1.807) is 20.0 Å². The third-order valence-corrected chi connectivity index (χ3v) is 5.00. The number of hydrogen-bond donors (Lipinski definition) is 0. The summed E-state index contributed by atoms with van der Waals surface area (Å²) in [6.45, 7) is 3.56. The number of benzene rings is 1. The molecule has 0 N–H and O–H groups in total. The second-order valence-electron chi connectivity index (χ2n) is 6.91. The van der Waals surface area contributed by atoms with Crippen LogP contribution in [-0.2, 0) is 11.2 Å². The lowest BCUT2D eigenvalue weighted by molar-refractivity contribution is -0.274. The van der Waals surface area contributed by atoms with Gasteiger partial charge in [0.15, 0.2) is 0 Å². The first-order chi connectivity index (χ1) is 13.5. The first-order valence-electron chi connectivity index (χ1n) is 8.61. The molecule has 2 heterocycles. The highest BCUT2D eigenvalue weighted by Crippen LogP contribution is 2.33. The minimum absolute atomic E-state index is 0.178. The molecule has 2 aromatic rings. The molecule has 0 atom stereocenters. The number of urea groups is 1. The van der Waals surface area contributed by atoms with Gasteiger partial charge in [-0.2, -0.15) is 0 Å². The van der Waals surface area contributed by atoms with Crippen molar-refractivity contribution in [2.45, 2.75) is 32.2 Å². The van der Waals surface area contributed by atoms with E-state index in [9.17, 15) is 22.8 Å². The number of carbonyl (C=O) groups is 2. The molecule has 0 spiro atoms. The molecule has 0 bridgehead atoms. The van der Waals surface area contributed by atoms with Gasteiger partial charge in [-0.15, -0.1) is 13.2 Å². The van der Waals surface area contributed by atoms with Gasteiger partial charge in [0.25, 0.3) is 5.91 Å². The van der Waals surface area contributed by atoms with Gasteiger partial charge in [0.1, 0.15) is 15.9 Å². The Morgan fingerprint density at radius 3 is 2.38 bits per heavy atom. The normalized spacial score (nSPS) is 16.5. The number of alkyl halides is 3. The summed E-state index contributed by atoms with van der Waals surface area (Å²) in [6, 6.07) is 7.73. The van der Waals surface area contributed by atoms with Crippen molar-refractivity contribution in [3.8, 4) is 5.75 Å². The van der Waals surface area contributed by atoms with Gasteiger partial charge >= 0.3 is 12.4 Å². The van der Waals surface area contributed by atoms with Crippen LogP contribution in [0.25, 0.3) is 0 Å². The third-order valence-electron chi connectivity index (χ3n) is 4.57. The van der Waals surface area contributed by atoms with E-state index < -0.39 is 29.6 Å². The van der Waals surface area contributed by atoms with Crippen LogP contribution < -0.4 is 9.64 Å². The fraction of sp³-hybridized carbons (Fsp3) is 0.316. The molecule has 1 aromatic heterocycles. The SMILES string of the molecule is CC1(C)C(=O)N(c2ccc(OC(F)(F)F)cc2)C(=O)N1CCc1ccnc(Br)c1. The van der Waals surface area contributed by atoms with Crippen LogP contribution in [0.2, 0.25) is 0 Å². The molecular weight excluding hydrogens is 455 g/mol. The van der Waals surface area contributed by atoms with Crippen LogP contribution >= 0.6 is 15.9 Å². The number of amides is 3. The van der Waals surface area contributed by atoms with E-state index in [0.717, 1.165) is 22.6 Å². The molecule has 0 radical (unpaired) electrons. The van der Waals surface area contributed by atoms with E-state index in [2.05, 4.69) is 25.7 Å². The Morgan fingerprint density at radius 2 is 1.79 bits per heavy atom. The van der Waals surface area contributed by atoms with Crippen LogP contribution in [0.15, 0.2) is 47.2 Å². The van der Waals surface area contributed by atoms with Crippen molar-refractivity contribution in [3.05, 3.63) is 52.8 Å². The molecule has 3 rings (SSSR count). The molecule has 154 valence electrons. The standard InChI is InChI=1S/C19H17BrF3N3O3/c1-18(2)16(27)26(13-3-5-14(6-4-13)29-19(21,22)23)17(28)25(18)10-8-12-7-9-24-15(20)11-12/h3-7,9,11H,8,10H2,1-2H3. The van der Waals surface area contributed by atoms with E-state index in [-0.39, 0.29) is 5.69 Å². The number of nitrogens with zero attached hydrogens (tertiary/aromatic N) is 3. The maximum absolute atomic E-state index is 12.9. The van der Waals surface area contributed by atoms with Gasteiger partial charge in [-0.1, -0.05) is 0 Å². The van der Waals surface area contributed by atoms with Crippen molar-refractivity contribution in [2.75, 3.05) is 11.4 Å². The summed E-state index contributed by atoms with van der Waals surface area (Å²) in [5.74, 6) is -0.886. The summed E-state index contributed by atoms with van der Waals surface area (Å²) in [6.07, 6.45) is -2.67. The summed E-state index contributed by atoms with van der Waals surface area (Å²) in [5.41, 5.74) is 0.0226. The molecule has 6 nitrogen and oxygen atoms in total. The van der Waals surface area contributed by atoms with E-state index in [1.807, 2.05) is 12.1 Å². The summed E-state index contributed by atoms with van der Waals surface area (Å²) >= 11 is 3.29. The lowest BCUT2D eigenvalue weighted by Crippen LogP contribution is -2.45. The molecule has 29 heavy (non-hydrogen) atoms. The largest absolute Gasteiger partial charge is 0.573 e. The smallest absolute Gasteiger partial charge is 0.406 e. The van der Waals surface area contributed by atoms with E-state index in [0.29, 0.717) is 17.6 Å². The second-order valence-corrected chi connectivity index (χ2v) is 7.72. The highest BCUT2D eigenvalue weighted by molar-refractivity contribution is 9.10. The monoisotopic (exact) mass is 471 g/mol. The predicted molar refractivity (Wildman–Crippen MR) is 102 cm³/mol. The topological polar surface area (TPSA) is 62.7 Å². The van der Waals surface area contributed by atoms with E-state index in [4.69, 9.17) is 0 Å². The molecule has 1 saturated heterocycles. The number of pyridine rings is 1. The molecular formula is C19H17BrF3N3O3. The molecule has 3 amide bonds. The fourth-order valence-corrected chi connectivity index (χ4v) is 3.49. The Kier molecular flexibility index (Phi) is 5.57. The first kappa shape index (κ1) is 21.1. The zero-order valence-electron chi connectivity index (χ0n) is 15.5. The Hall–Kier alpha value is -2.62. The molecule has 1 aliphatic heterocycles. The van der Waals surface area contributed by atoms with Crippen molar-refractivity contribution in [1.82, 2.24) is 9.88 Å². The van der Waals surface area contributed by atoms with Crippen molar-refractivity contribution in [3.63, 3.8) is 0 Å². The van der Waals surface area contributed by atoms with Crippen molar-refractivity contribution < 1.29 is 27.5 Å². The zero-order chi connectivity index (χ0) is 21.4. The molecule has 1 aromatic carbocycles. The average molecular weight is 472 g/mol. The lowest BCUT2D eigenvalue weighted by atomic mass is 10.0. The Bertz CT molecular complexity index is 932. The van der Waals surface area contributed by atoms with Crippen LogP contribution in [0.5, 0.6) is 5.75 Å². The van der Waals surface area contributed by atoms with Gasteiger partial charge in [0.2, 0.25) is 0 Å². The number of ether oxygens (including phenoxy) is 1. The number of halogens is 4. The van der Waals surface area contributed by atoms with Crippen LogP contribution in [0.4, 0.5) is 23.7 Å². The third kappa shape index (κ3) is 4.52. The predicted octanol–water partition coefficient (Wildman–Crippen LogP) is 4.53. The second kappa shape index (κ2) is 7.66. The molecule has 1 aliphatic rings. The van der Waals surface area contributed by atoms with Crippen LogP contribution in [0.1, 0.15) is 19.4 Å². The molecule has 1 fully saturated rings. The minimum atomic E-state index is -4.82. The van der Waals surface area contributed by atoms with E-state index in [1.165, 1.54) is 17.0 Å². The summed E-state index contributed by atoms with van der Waals surface area (Å²) in [4.78, 5) is 32.3. The number of carbonyl (C=O) groups excluding carboxylic acids is 2. The quantitative estimate of drug-likeness (QED) is 0.474. The molecule has 0 saturated carbocycles. The zero-order valence-corrected chi connectivity index (χ0v) is 17.1. The van der Waals surface area contributed by atoms with Gasteiger partial charge in [0, 0.05) is 12.7 Å². The number of anilines is 1. The maximum atomic E-state index is 12.9.